The molecule has 3 nitrogen and oxygen atoms in total. The number of piperazine rings is 1. The second kappa shape index (κ2) is 8.99. The average Bonchev–Trinajstić information content (AvgIpc) is 2.60. The smallest absolute Gasteiger partial charge is 0.0598 e. The van der Waals surface area contributed by atoms with E-state index < -0.39 is 0 Å². The summed E-state index contributed by atoms with van der Waals surface area (Å²) in [5.41, 5.74) is 1.76. The van der Waals surface area contributed by atoms with E-state index in [1.807, 2.05) is 0 Å². The Morgan fingerprint density at radius 1 is 1.12 bits per heavy atom. The molecule has 0 aromatic heterocycles. The maximum Gasteiger partial charge on any atom is 0.0598 e. The van der Waals surface area contributed by atoms with Gasteiger partial charge in [0.1, 0.15) is 0 Å². The summed E-state index contributed by atoms with van der Waals surface area (Å²) in [5.74, 6) is 0.771. The van der Waals surface area contributed by atoms with Gasteiger partial charge in [0.25, 0.3) is 0 Å². The van der Waals surface area contributed by atoms with Gasteiger partial charge in [-0.1, -0.05) is 39.0 Å². The summed E-state index contributed by atoms with van der Waals surface area (Å²) < 4.78 is 6.27. The van der Waals surface area contributed by atoms with Crippen molar-refractivity contribution in [3.63, 3.8) is 0 Å². The largest absolute Gasteiger partial charge is 0.377 e. The van der Waals surface area contributed by atoms with Crippen LogP contribution in [0, 0.1) is 11.3 Å². The lowest BCUT2D eigenvalue weighted by Gasteiger charge is -2.39. The van der Waals surface area contributed by atoms with Crippen LogP contribution in [0.25, 0.3) is 0 Å². The van der Waals surface area contributed by atoms with Gasteiger partial charge < -0.3 is 9.64 Å². The zero-order chi connectivity index (χ0) is 18.6. The molecule has 146 valence electrons. The van der Waals surface area contributed by atoms with Gasteiger partial charge in [0, 0.05) is 43.7 Å². The lowest BCUT2D eigenvalue weighted by atomic mass is 9.71. The monoisotopic (exact) mass is 376 g/mol. The third kappa shape index (κ3) is 5.90. The van der Waals surface area contributed by atoms with E-state index >= 15 is 0 Å². The maximum absolute atomic E-state index is 6.27. The first-order valence-electron chi connectivity index (χ1n) is 10.2. The van der Waals surface area contributed by atoms with E-state index in [2.05, 4.69) is 60.9 Å². The fourth-order valence-electron chi connectivity index (χ4n) is 4.81. The molecule has 1 aliphatic heterocycles. The van der Waals surface area contributed by atoms with Crippen LogP contribution >= 0.6 is 12.6 Å². The number of thiol groups is 1. The molecule has 1 saturated heterocycles. The van der Waals surface area contributed by atoms with Crippen molar-refractivity contribution in [3.8, 4) is 0 Å². The minimum atomic E-state index is 0.304. The van der Waals surface area contributed by atoms with Crippen LogP contribution in [-0.4, -0.2) is 55.6 Å². The van der Waals surface area contributed by atoms with Gasteiger partial charge in [-0.15, -0.1) is 0 Å². The van der Waals surface area contributed by atoms with Crippen molar-refractivity contribution < 1.29 is 4.74 Å². The standard InChI is InChI=1S/C22H36N2OS/c1-18-13-20(15-22(2,3)14-18)25-17-21(26)16-23-9-11-24(12-10-23)19-7-5-4-6-8-19/h4-8,18,20-21,26H,9-17H2,1-3H3/t18-,20+,21-/m0/s1. The molecule has 2 aliphatic rings. The van der Waals surface area contributed by atoms with Crippen molar-refractivity contribution in [2.24, 2.45) is 11.3 Å². The first-order valence-corrected chi connectivity index (χ1v) is 10.7. The molecule has 26 heavy (non-hydrogen) atoms. The molecule has 4 heteroatoms. The van der Waals surface area contributed by atoms with Crippen LogP contribution in [0.4, 0.5) is 5.69 Å². The van der Waals surface area contributed by atoms with Crippen molar-refractivity contribution in [3.05, 3.63) is 30.3 Å². The number of anilines is 1. The maximum atomic E-state index is 6.27. The quantitative estimate of drug-likeness (QED) is 0.744. The molecule has 2 fully saturated rings. The molecule has 1 saturated carbocycles. The molecular weight excluding hydrogens is 340 g/mol. The van der Waals surface area contributed by atoms with Crippen molar-refractivity contribution in [2.45, 2.75) is 51.4 Å². The normalized spacial score (nSPS) is 28.1. The van der Waals surface area contributed by atoms with Crippen LogP contribution in [0.1, 0.15) is 40.0 Å². The van der Waals surface area contributed by atoms with Gasteiger partial charge in [-0.05, 0) is 42.7 Å². The van der Waals surface area contributed by atoms with Gasteiger partial charge in [0.05, 0.1) is 12.7 Å². The molecule has 0 spiro atoms. The van der Waals surface area contributed by atoms with Crippen molar-refractivity contribution in [2.75, 3.05) is 44.2 Å². The Kier molecular flexibility index (Phi) is 6.92. The summed E-state index contributed by atoms with van der Waals surface area (Å²) in [6, 6.07) is 10.7. The van der Waals surface area contributed by atoms with Crippen LogP contribution < -0.4 is 4.90 Å². The highest BCUT2D eigenvalue weighted by atomic mass is 32.1. The highest BCUT2D eigenvalue weighted by Crippen LogP contribution is 2.39. The fraction of sp³-hybridized carbons (Fsp3) is 0.727. The van der Waals surface area contributed by atoms with Crippen LogP contribution in [0.3, 0.4) is 0 Å². The Hall–Kier alpha value is -0.710. The molecule has 1 aromatic carbocycles. The summed E-state index contributed by atoms with van der Waals surface area (Å²) >= 11 is 4.82. The fourth-order valence-corrected chi connectivity index (χ4v) is 5.13. The summed E-state index contributed by atoms with van der Waals surface area (Å²) in [5, 5.41) is 0.304. The van der Waals surface area contributed by atoms with Gasteiger partial charge in [-0.25, -0.2) is 0 Å². The third-order valence-corrected chi connectivity index (χ3v) is 6.15. The summed E-state index contributed by atoms with van der Waals surface area (Å²) in [7, 11) is 0. The number of hydrogen-bond donors (Lipinski definition) is 1. The number of ether oxygens (including phenoxy) is 1. The first kappa shape index (κ1) is 20.0. The Bertz CT molecular complexity index is 542. The van der Waals surface area contributed by atoms with Crippen molar-refractivity contribution >= 4 is 18.3 Å². The van der Waals surface area contributed by atoms with Gasteiger partial charge in [0.2, 0.25) is 0 Å². The molecule has 0 amide bonds. The zero-order valence-electron chi connectivity index (χ0n) is 16.7. The van der Waals surface area contributed by atoms with Gasteiger partial charge in [0.15, 0.2) is 0 Å². The van der Waals surface area contributed by atoms with Crippen LogP contribution in [0.15, 0.2) is 30.3 Å². The molecule has 0 radical (unpaired) electrons. The Labute approximate surface area is 165 Å². The predicted molar refractivity (Wildman–Crippen MR) is 114 cm³/mol. The minimum absolute atomic E-state index is 0.304. The SMILES string of the molecule is C[C@H]1C[C@@H](OC[C@@H](S)CN2CCN(c3ccccc3)CC2)CC(C)(C)C1. The molecular formula is C22H36N2OS. The zero-order valence-corrected chi connectivity index (χ0v) is 17.6. The Morgan fingerprint density at radius 2 is 1.81 bits per heavy atom. The van der Waals surface area contributed by atoms with Crippen LogP contribution in [-0.2, 0) is 4.74 Å². The molecule has 1 aliphatic carbocycles. The average molecular weight is 377 g/mol. The van der Waals surface area contributed by atoms with E-state index in [1.54, 1.807) is 0 Å². The summed E-state index contributed by atoms with van der Waals surface area (Å²) in [6.07, 6.45) is 4.13. The van der Waals surface area contributed by atoms with Crippen molar-refractivity contribution in [1.29, 1.82) is 0 Å². The third-order valence-electron chi connectivity index (χ3n) is 5.83. The topological polar surface area (TPSA) is 15.7 Å². The number of para-hydroxylation sites is 1. The van der Waals surface area contributed by atoms with Gasteiger partial charge in [-0.2, -0.15) is 12.6 Å². The number of rotatable bonds is 6. The second-order valence-corrected chi connectivity index (χ2v) is 9.88. The minimum Gasteiger partial charge on any atom is -0.377 e. The first-order chi connectivity index (χ1) is 12.4. The molecule has 0 unspecified atom stereocenters. The Balaban J connectivity index is 1.37. The van der Waals surface area contributed by atoms with E-state index in [1.165, 1.54) is 24.9 Å². The van der Waals surface area contributed by atoms with E-state index in [0.717, 1.165) is 45.2 Å². The van der Waals surface area contributed by atoms with Gasteiger partial charge >= 0.3 is 0 Å². The highest BCUT2D eigenvalue weighted by molar-refractivity contribution is 7.81. The summed E-state index contributed by atoms with van der Waals surface area (Å²) in [4.78, 5) is 5.01. The Morgan fingerprint density at radius 3 is 2.46 bits per heavy atom. The van der Waals surface area contributed by atoms with E-state index in [0.29, 0.717) is 16.8 Å². The van der Waals surface area contributed by atoms with E-state index in [-0.39, 0.29) is 0 Å². The molecule has 0 bridgehead atoms. The highest BCUT2D eigenvalue weighted by Gasteiger charge is 2.32. The lowest BCUT2D eigenvalue weighted by Crippen LogP contribution is -2.48. The molecule has 1 aromatic rings. The number of hydrogen-bond acceptors (Lipinski definition) is 4. The number of nitrogens with zero attached hydrogens (tertiary/aromatic N) is 2. The number of benzene rings is 1. The van der Waals surface area contributed by atoms with Crippen molar-refractivity contribution in [1.82, 2.24) is 4.90 Å². The van der Waals surface area contributed by atoms with Crippen LogP contribution in [0.2, 0.25) is 0 Å². The van der Waals surface area contributed by atoms with Crippen LogP contribution in [0.5, 0.6) is 0 Å². The second-order valence-electron chi connectivity index (χ2n) is 9.15. The summed E-state index contributed by atoms with van der Waals surface area (Å²) in [6.45, 7) is 13.3. The predicted octanol–water partition coefficient (Wildman–Crippen LogP) is 4.34. The van der Waals surface area contributed by atoms with E-state index in [9.17, 15) is 0 Å². The molecule has 0 N–H and O–H groups in total. The molecule has 1 heterocycles. The molecule has 3 atom stereocenters. The van der Waals surface area contributed by atoms with E-state index in [4.69, 9.17) is 17.4 Å². The van der Waals surface area contributed by atoms with Gasteiger partial charge in [-0.3, -0.25) is 4.90 Å². The molecule has 3 rings (SSSR count). The lowest BCUT2D eigenvalue weighted by molar-refractivity contribution is -0.0237.